The minimum absolute atomic E-state index is 0.210. The fraction of sp³-hybridized carbons (Fsp3) is 0.600. The molecule has 1 aliphatic rings. The number of carbonyl (C=O) groups excluding carboxylic acids is 2. The van der Waals surface area contributed by atoms with E-state index in [0.717, 1.165) is 5.06 Å². The van der Waals surface area contributed by atoms with Crippen molar-refractivity contribution in [2.75, 3.05) is 19.6 Å². The van der Waals surface area contributed by atoms with Gasteiger partial charge < -0.3 is 10.2 Å². The average molecular weight is 144 g/mol. The highest BCUT2D eigenvalue weighted by molar-refractivity contribution is 5.78. The zero-order valence-corrected chi connectivity index (χ0v) is 5.37. The Balaban J connectivity index is 2.39. The molecule has 0 radical (unpaired) electrons. The molecule has 0 atom stereocenters. The fourth-order valence-electron chi connectivity index (χ4n) is 0.752. The van der Waals surface area contributed by atoms with Gasteiger partial charge in [0.15, 0.2) is 0 Å². The van der Waals surface area contributed by atoms with Gasteiger partial charge in [0.25, 0.3) is 5.91 Å². The molecule has 1 amide bonds. The molecule has 0 aromatic heterocycles. The third-order valence-electron chi connectivity index (χ3n) is 1.22. The van der Waals surface area contributed by atoms with Gasteiger partial charge in [-0.1, -0.05) is 0 Å². The van der Waals surface area contributed by atoms with Gasteiger partial charge in [0.1, 0.15) is 0 Å². The Labute approximate surface area is 57.9 Å². The Morgan fingerprint density at radius 3 is 3.10 bits per heavy atom. The lowest BCUT2D eigenvalue weighted by molar-refractivity contribution is -0.188. The van der Waals surface area contributed by atoms with Crippen molar-refractivity contribution in [3.05, 3.63) is 0 Å². The van der Waals surface area contributed by atoms with Gasteiger partial charge in [0, 0.05) is 6.54 Å². The molecule has 0 spiro atoms. The predicted octanol–water partition coefficient (Wildman–Crippen LogP) is -1.49. The average Bonchev–Trinajstić information content (AvgIpc) is 1.94. The summed E-state index contributed by atoms with van der Waals surface area (Å²) in [4.78, 5) is 24.9. The molecule has 0 aromatic rings. The molecule has 0 saturated carbocycles. The third kappa shape index (κ3) is 1.44. The molecule has 1 N–H and O–H groups in total. The van der Waals surface area contributed by atoms with E-state index in [1.165, 1.54) is 0 Å². The van der Waals surface area contributed by atoms with E-state index in [0.29, 0.717) is 13.1 Å². The van der Waals surface area contributed by atoms with E-state index in [1.807, 2.05) is 0 Å². The number of rotatable bonds is 2. The van der Waals surface area contributed by atoms with Crippen LogP contribution in [0.2, 0.25) is 0 Å². The second-order valence-electron chi connectivity index (χ2n) is 1.87. The van der Waals surface area contributed by atoms with Gasteiger partial charge in [-0.2, -0.15) is 5.06 Å². The molecule has 5 heteroatoms. The maximum absolute atomic E-state index is 10.8. The molecule has 1 rings (SSSR count). The molecule has 5 nitrogen and oxygen atoms in total. The first kappa shape index (κ1) is 7.01. The zero-order chi connectivity index (χ0) is 7.40. The van der Waals surface area contributed by atoms with E-state index in [9.17, 15) is 9.59 Å². The molecule has 0 unspecified atom stereocenters. The lowest BCUT2D eigenvalue weighted by Gasteiger charge is -2.23. The summed E-state index contributed by atoms with van der Waals surface area (Å²) in [6.07, 6.45) is 0. The molecule has 0 bridgehead atoms. The van der Waals surface area contributed by atoms with Gasteiger partial charge in [0.05, 0.1) is 13.1 Å². The first-order valence-corrected chi connectivity index (χ1v) is 2.96. The van der Waals surface area contributed by atoms with Crippen molar-refractivity contribution in [1.29, 1.82) is 0 Å². The Bertz CT molecular complexity index is 148. The number of hydrogen-bond acceptors (Lipinski definition) is 4. The molecule has 1 heterocycles. The van der Waals surface area contributed by atoms with Crippen molar-refractivity contribution in [1.82, 2.24) is 10.4 Å². The number of nitrogens with zero attached hydrogens (tertiary/aromatic N) is 1. The quantitative estimate of drug-likeness (QED) is 0.479. The Morgan fingerprint density at radius 1 is 1.70 bits per heavy atom. The summed E-state index contributed by atoms with van der Waals surface area (Å²) in [5, 5.41) is 3.88. The fourth-order valence-corrected chi connectivity index (χ4v) is 0.752. The molecule has 1 saturated heterocycles. The van der Waals surface area contributed by atoms with E-state index in [-0.39, 0.29) is 18.9 Å². The summed E-state index contributed by atoms with van der Waals surface area (Å²) in [5.74, 6) is -0.210. The number of piperazine rings is 1. The van der Waals surface area contributed by atoms with Crippen LogP contribution < -0.4 is 5.32 Å². The van der Waals surface area contributed by atoms with Crippen LogP contribution in [0.4, 0.5) is 0 Å². The molecular weight excluding hydrogens is 136 g/mol. The number of nitrogens with one attached hydrogen (secondary N) is 1. The van der Waals surface area contributed by atoms with Crippen molar-refractivity contribution in [3.8, 4) is 0 Å². The van der Waals surface area contributed by atoms with Crippen molar-refractivity contribution >= 4 is 12.4 Å². The van der Waals surface area contributed by atoms with E-state index in [4.69, 9.17) is 0 Å². The summed E-state index contributed by atoms with van der Waals surface area (Å²) in [7, 11) is 0. The lowest BCUT2D eigenvalue weighted by atomic mass is 10.4. The van der Waals surface area contributed by atoms with E-state index >= 15 is 0 Å². The van der Waals surface area contributed by atoms with Crippen molar-refractivity contribution < 1.29 is 14.4 Å². The Morgan fingerprint density at radius 2 is 2.50 bits per heavy atom. The zero-order valence-electron chi connectivity index (χ0n) is 5.37. The maximum atomic E-state index is 10.8. The van der Waals surface area contributed by atoms with Crippen LogP contribution in [0.1, 0.15) is 0 Å². The number of amides is 1. The van der Waals surface area contributed by atoms with Gasteiger partial charge in [-0.15, -0.1) is 0 Å². The summed E-state index contributed by atoms with van der Waals surface area (Å²) in [6.45, 7) is 1.59. The highest BCUT2D eigenvalue weighted by Gasteiger charge is 2.17. The smallest absolute Gasteiger partial charge is 0.320 e. The number of carbonyl (C=O) groups is 2. The Hall–Kier alpha value is -1.10. The molecule has 1 aliphatic heterocycles. The van der Waals surface area contributed by atoms with Crippen molar-refractivity contribution in [2.24, 2.45) is 0 Å². The molecule has 10 heavy (non-hydrogen) atoms. The van der Waals surface area contributed by atoms with Crippen molar-refractivity contribution in [3.63, 3.8) is 0 Å². The first-order chi connectivity index (χ1) is 4.84. The molecule has 0 aliphatic carbocycles. The molecular formula is C5H8N2O3. The van der Waals surface area contributed by atoms with Gasteiger partial charge >= 0.3 is 6.47 Å². The van der Waals surface area contributed by atoms with Crippen molar-refractivity contribution in [2.45, 2.75) is 0 Å². The van der Waals surface area contributed by atoms with E-state index < -0.39 is 0 Å². The number of hydroxylamine groups is 2. The van der Waals surface area contributed by atoms with Gasteiger partial charge in [0.2, 0.25) is 0 Å². The Kier molecular flexibility index (Phi) is 2.22. The standard InChI is InChI=1S/C5H8N2O3/c8-4-10-7-2-1-6-3-5(7)9/h4,6H,1-3H2. The van der Waals surface area contributed by atoms with Crippen LogP contribution >= 0.6 is 0 Å². The summed E-state index contributed by atoms with van der Waals surface area (Å²) < 4.78 is 0. The van der Waals surface area contributed by atoms with Gasteiger partial charge in [-0.05, 0) is 0 Å². The van der Waals surface area contributed by atoms with Crippen LogP contribution in [-0.2, 0) is 14.4 Å². The minimum atomic E-state index is -0.210. The van der Waals surface area contributed by atoms with E-state index in [1.54, 1.807) is 0 Å². The first-order valence-electron chi connectivity index (χ1n) is 2.96. The van der Waals surface area contributed by atoms with Gasteiger partial charge in [-0.25, -0.2) is 0 Å². The largest absolute Gasteiger partial charge is 0.341 e. The normalized spacial score (nSPS) is 18.8. The number of hydrogen-bond donors (Lipinski definition) is 1. The minimum Gasteiger partial charge on any atom is -0.341 e. The van der Waals surface area contributed by atoms with Crippen LogP contribution in [0.15, 0.2) is 0 Å². The summed E-state index contributed by atoms with van der Waals surface area (Å²) in [6, 6.07) is 0. The molecule has 1 fully saturated rings. The maximum Gasteiger partial charge on any atom is 0.320 e. The second-order valence-corrected chi connectivity index (χ2v) is 1.87. The third-order valence-corrected chi connectivity index (χ3v) is 1.22. The topological polar surface area (TPSA) is 58.6 Å². The lowest BCUT2D eigenvalue weighted by Crippen LogP contribution is -2.47. The van der Waals surface area contributed by atoms with Crippen LogP contribution in [0.3, 0.4) is 0 Å². The van der Waals surface area contributed by atoms with E-state index in [2.05, 4.69) is 10.2 Å². The highest BCUT2D eigenvalue weighted by atomic mass is 16.7. The van der Waals surface area contributed by atoms with Crippen LogP contribution in [0, 0.1) is 0 Å². The summed E-state index contributed by atoms with van der Waals surface area (Å²) in [5.41, 5.74) is 0. The monoisotopic (exact) mass is 144 g/mol. The summed E-state index contributed by atoms with van der Waals surface area (Å²) >= 11 is 0. The SMILES string of the molecule is O=CON1CCNCC1=O. The predicted molar refractivity (Wildman–Crippen MR) is 31.7 cm³/mol. The van der Waals surface area contributed by atoms with Crippen LogP contribution in [0.5, 0.6) is 0 Å². The van der Waals surface area contributed by atoms with Gasteiger partial charge in [-0.3, -0.25) is 9.59 Å². The van der Waals surface area contributed by atoms with Crippen LogP contribution in [-0.4, -0.2) is 37.1 Å². The molecule has 0 aromatic carbocycles. The second kappa shape index (κ2) is 3.17. The highest BCUT2D eigenvalue weighted by Crippen LogP contribution is 1.92. The van der Waals surface area contributed by atoms with Crippen LogP contribution in [0.25, 0.3) is 0 Å². The molecule has 56 valence electrons.